The molecule has 1 heterocycles. The van der Waals surface area contributed by atoms with Gasteiger partial charge >= 0.3 is 0 Å². The van der Waals surface area contributed by atoms with Crippen molar-refractivity contribution in [3.05, 3.63) is 82.0 Å². The first-order chi connectivity index (χ1) is 13.6. The van der Waals surface area contributed by atoms with Crippen LogP contribution in [0.4, 0.5) is 11.5 Å². The van der Waals surface area contributed by atoms with Gasteiger partial charge in [-0.25, -0.2) is 4.68 Å². The van der Waals surface area contributed by atoms with Crippen LogP contribution in [0.15, 0.2) is 60.7 Å². The fourth-order valence-corrected chi connectivity index (χ4v) is 3.68. The number of anilines is 1. The molecule has 2 aromatic carbocycles. The number of rotatable bonds is 5. The maximum atomic E-state index is 12.8. The molecule has 0 unspecified atom stereocenters. The van der Waals surface area contributed by atoms with E-state index in [2.05, 4.69) is 5.32 Å². The third-order valence-electron chi connectivity index (χ3n) is 5.09. The summed E-state index contributed by atoms with van der Waals surface area (Å²) in [4.78, 5) is 23.5. The van der Waals surface area contributed by atoms with Crippen molar-refractivity contribution in [1.82, 2.24) is 9.78 Å². The normalized spacial score (nSPS) is 14.1. The molecule has 1 N–H and O–H groups in total. The minimum atomic E-state index is -0.548. The molecular weight excluding hydrogens is 356 g/mol. The number of nitro groups is 1. The molecule has 4 rings (SSSR count). The van der Waals surface area contributed by atoms with Crippen molar-refractivity contribution >= 4 is 17.4 Å². The van der Waals surface area contributed by atoms with Crippen LogP contribution in [0.3, 0.4) is 0 Å². The van der Waals surface area contributed by atoms with Gasteiger partial charge in [0.25, 0.3) is 11.6 Å². The molecule has 3 aromatic rings. The predicted molar refractivity (Wildman–Crippen MR) is 106 cm³/mol. The van der Waals surface area contributed by atoms with Crippen LogP contribution >= 0.6 is 0 Å². The molecule has 1 aromatic heterocycles. The molecule has 1 saturated carbocycles. The molecule has 1 fully saturated rings. The Morgan fingerprint density at radius 3 is 2.46 bits per heavy atom. The second-order valence-electron chi connectivity index (χ2n) is 6.91. The number of hydrogen-bond acceptors (Lipinski definition) is 4. The number of benzene rings is 2. The first kappa shape index (κ1) is 17.9. The van der Waals surface area contributed by atoms with Crippen LogP contribution in [-0.2, 0) is 0 Å². The Bertz CT molecular complexity index is 1010. The lowest BCUT2D eigenvalue weighted by molar-refractivity contribution is -0.385. The number of carbonyl (C=O) groups is 1. The molecule has 0 aliphatic heterocycles. The average Bonchev–Trinajstić information content (AvgIpc) is 3.38. The molecule has 7 nitrogen and oxygen atoms in total. The zero-order valence-corrected chi connectivity index (χ0v) is 15.2. The van der Waals surface area contributed by atoms with Crippen molar-refractivity contribution in [3.63, 3.8) is 0 Å². The van der Waals surface area contributed by atoms with E-state index in [1.165, 1.54) is 25.0 Å². The summed E-state index contributed by atoms with van der Waals surface area (Å²) in [6.07, 6.45) is 4.54. The van der Waals surface area contributed by atoms with Gasteiger partial charge in [-0.3, -0.25) is 14.9 Å². The summed E-state index contributed by atoms with van der Waals surface area (Å²) in [5.41, 5.74) is 1.57. The van der Waals surface area contributed by atoms with E-state index in [4.69, 9.17) is 5.10 Å². The van der Waals surface area contributed by atoms with E-state index in [-0.39, 0.29) is 11.3 Å². The van der Waals surface area contributed by atoms with Gasteiger partial charge in [-0.05, 0) is 31.0 Å². The molecule has 7 heteroatoms. The zero-order chi connectivity index (χ0) is 19.5. The standard InChI is InChI=1S/C21H20N4O3/c26-21(17-12-6-7-13-19(17)25(27)28)22-20-14-18(15-8-4-5-9-15)23-24(20)16-10-2-1-3-11-16/h1-3,6-7,10-15H,4-5,8-9H2,(H,22,26). The molecular formula is C21H20N4O3. The summed E-state index contributed by atoms with van der Waals surface area (Å²) in [6.45, 7) is 0. The van der Waals surface area contributed by atoms with Crippen molar-refractivity contribution < 1.29 is 9.72 Å². The Morgan fingerprint density at radius 1 is 1.07 bits per heavy atom. The van der Waals surface area contributed by atoms with Gasteiger partial charge in [0.2, 0.25) is 0 Å². The van der Waals surface area contributed by atoms with Crippen molar-refractivity contribution in [2.45, 2.75) is 31.6 Å². The molecule has 0 radical (unpaired) electrons. The fraction of sp³-hybridized carbons (Fsp3) is 0.238. The summed E-state index contributed by atoms with van der Waals surface area (Å²) in [5.74, 6) is 0.366. The lowest BCUT2D eigenvalue weighted by Crippen LogP contribution is -2.16. The minimum Gasteiger partial charge on any atom is -0.306 e. The van der Waals surface area contributed by atoms with Gasteiger partial charge in [-0.1, -0.05) is 43.2 Å². The highest BCUT2D eigenvalue weighted by Gasteiger charge is 2.24. The molecule has 0 atom stereocenters. The third-order valence-corrected chi connectivity index (χ3v) is 5.09. The Hall–Kier alpha value is -3.48. The SMILES string of the molecule is O=C(Nc1cc(C2CCCC2)nn1-c1ccccc1)c1ccccc1[N+](=O)[O-]. The summed E-state index contributed by atoms with van der Waals surface area (Å²) < 4.78 is 1.69. The van der Waals surface area contributed by atoms with Gasteiger partial charge in [0.1, 0.15) is 11.4 Å². The smallest absolute Gasteiger partial charge is 0.282 e. The van der Waals surface area contributed by atoms with Crippen LogP contribution in [0.5, 0.6) is 0 Å². The first-order valence-electron chi connectivity index (χ1n) is 9.33. The van der Waals surface area contributed by atoms with Crippen molar-refractivity contribution in [3.8, 4) is 5.69 Å². The third kappa shape index (κ3) is 3.51. The topological polar surface area (TPSA) is 90.1 Å². The molecule has 1 amide bonds. The quantitative estimate of drug-likeness (QED) is 0.517. The molecule has 0 spiro atoms. The van der Waals surface area contributed by atoms with Gasteiger partial charge in [-0.15, -0.1) is 0 Å². The largest absolute Gasteiger partial charge is 0.306 e. The molecule has 0 bridgehead atoms. The van der Waals surface area contributed by atoms with E-state index in [0.717, 1.165) is 24.2 Å². The van der Waals surface area contributed by atoms with E-state index in [1.54, 1.807) is 16.8 Å². The second-order valence-corrected chi connectivity index (χ2v) is 6.91. The Labute approximate surface area is 162 Å². The average molecular weight is 376 g/mol. The summed E-state index contributed by atoms with van der Waals surface area (Å²) >= 11 is 0. The maximum Gasteiger partial charge on any atom is 0.282 e. The van der Waals surface area contributed by atoms with E-state index >= 15 is 0 Å². The highest BCUT2D eigenvalue weighted by Crippen LogP contribution is 2.35. The van der Waals surface area contributed by atoms with E-state index in [9.17, 15) is 14.9 Å². The number of carbonyl (C=O) groups excluding carboxylic acids is 1. The number of nitro benzene ring substituents is 1. The number of nitrogens with zero attached hydrogens (tertiary/aromatic N) is 3. The Kier molecular flexibility index (Phi) is 4.89. The van der Waals surface area contributed by atoms with Crippen molar-refractivity contribution in [2.24, 2.45) is 0 Å². The van der Waals surface area contributed by atoms with Crippen LogP contribution < -0.4 is 5.32 Å². The van der Waals surface area contributed by atoms with Crippen LogP contribution in [0.25, 0.3) is 5.69 Å². The van der Waals surface area contributed by atoms with E-state index in [1.807, 2.05) is 36.4 Å². The summed E-state index contributed by atoms with van der Waals surface area (Å²) in [7, 11) is 0. The summed E-state index contributed by atoms with van der Waals surface area (Å²) in [5, 5.41) is 18.8. The van der Waals surface area contributed by atoms with E-state index < -0.39 is 10.8 Å². The van der Waals surface area contributed by atoms with Crippen molar-refractivity contribution in [1.29, 1.82) is 0 Å². The Morgan fingerprint density at radius 2 is 1.75 bits per heavy atom. The molecule has 28 heavy (non-hydrogen) atoms. The molecule has 0 saturated heterocycles. The van der Waals surface area contributed by atoms with Gasteiger partial charge in [0, 0.05) is 18.1 Å². The van der Waals surface area contributed by atoms with Crippen molar-refractivity contribution in [2.75, 3.05) is 5.32 Å². The number of amides is 1. The Balaban J connectivity index is 1.70. The van der Waals surface area contributed by atoms with Gasteiger partial charge in [0.15, 0.2) is 0 Å². The van der Waals surface area contributed by atoms with Crippen LogP contribution in [0.2, 0.25) is 0 Å². The molecule has 142 valence electrons. The number of hydrogen-bond donors (Lipinski definition) is 1. The van der Waals surface area contributed by atoms with Crippen LogP contribution in [0.1, 0.15) is 47.7 Å². The van der Waals surface area contributed by atoms with E-state index in [0.29, 0.717) is 11.7 Å². The highest BCUT2D eigenvalue weighted by atomic mass is 16.6. The molecule has 1 aliphatic rings. The van der Waals surface area contributed by atoms with Crippen LogP contribution in [-0.4, -0.2) is 20.6 Å². The number of nitrogens with one attached hydrogen (secondary N) is 1. The molecule has 1 aliphatic carbocycles. The predicted octanol–water partition coefficient (Wildman–Crippen LogP) is 4.69. The minimum absolute atomic E-state index is 0.0238. The van der Waals surface area contributed by atoms with Gasteiger partial charge in [0.05, 0.1) is 16.3 Å². The van der Waals surface area contributed by atoms with Gasteiger partial charge < -0.3 is 5.32 Å². The maximum absolute atomic E-state index is 12.8. The first-order valence-corrected chi connectivity index (χ1v) is 9.33. The second kappa shape index (κ2) is 7.64. The summed E-state index contributed by atoms with van der Waals surface area (Å²) in [6, 6.07) is 17.4. The van der Waals surface area contributed by atoms with Gasteiger partial charge in [-0.2, -0.15) is 5.10 Å². The lowest BCUT2D eigenvalue weighted by Gasteiger charge is -2.09. The lowest BCUT2D eigenvalue weighted by atomic mass is 10.0. The zero-order valence-electron chi connectivity index (χ0n) is 15.2. The monoisotopic (exact) mass is 376 g/mol. The highest BCUT2D eigenvalue weighted by molar-refractivity contribution is 6.06. The number of aromatic nitrogens is 2. The van der Waals surface area contributed by atoms with Crippen LogP contribution in [0, 0.1) is 10.1 Å². The fourth-order valence-electron chi connectivity index (χ4n) is 3.68. The number of para-hydroxylation sites is 2.